The zero-order valence-electron chi connectivity index (χ0n) is 11.7. The van der Waals surface area contributed by atoms with Crippen molar-refractivity contribution in [3.63, 3.8) is 0 Å². The minimum atomic E-state index is -1.09. The molecule has 0 saturated carbocycles. The molecule has 6 nitrogen and oxygen atoms in total. The van der Waals surface area contributed by atoms with E-state index in [-0.39, 0.29) is 23.0 Å². The van der Waals surface area contributed by atoms with Crippen LogP contribution >= 0.6 is 0 Å². The summed E-state index contributed by atoms with van der Waals surface area (Å²) in [5.41, 5.74) is -0.702. The average Bonchev–Trinajstić information content (AvgIpc) is 2.51. The van der Waals surface area contributed by atoms with Gasteiger partial charge in [0.2, 0.25) is 0 Å². The zero-order chi connectivity index (χ0) is 16.6. The van der Waals surface area contributed by atoms with Gasteiger partial charge in [0.15, 0.2) is 0 Å². The number of H-pyrrole nitrogens is 1. The zero-order valence-corrected chi connectivity index (χ0v) is 11.7. The molecule has 1 aromatic heterocycles. The number of hydrogen-bond donors (Lipinski definition) is 2. The molecule has 2 aromatic carbocycles. The molecule has 0 aliphatic rings. The summed E-state index contributed by atoms with van der Waals surface area (Å²) >= 11 is 0. The molecule has 0 spiro atoms. The van der Waals surface area contributed by atoms with Crippen LogP contribution in [0.4, 0.5) is 4.39 Å². The van der Waals surface area contributed by atoms with Crippen LogP contribution < -0.4 is 11.2 Å². The molecule has 0 bridgehead atoms. The van der Waals surface area contributed by atoms with Crippen molar-refractivity contribution in [2.24, 2.45) is 0 Å². The largest absolute Gasteiger partial charge is 0.478 e. The molecule has 0 aliphatic heterocycles. The van der Waals surface area contributed by atoms with Gasteiger partial charge in [-0.15, -0.1) is 0 Å². The van der Waals surface area contributed by atoms with Gasteiger partial charge >= 0.3 is 11.7 Å². The van der Waals surface area contributed by atoms with E-state index in [0.717, 1.165) is 6.07 Å². The Morgan fingerprint density at radius 2 is 1.91 bits per heavy atom. The Kier molecular flexibility index (Phi) is 3.53. The SMILES string of the molecule is O=C(O)c1cccc(Cn2c(=O)[nH]c(=O)c3c(F)cccc32)c1. The lowest BCUT2D eigenvalue weighted by Gasteiger charge is -2.10. The molecule has 116 valence electrons. The predicted octanol–water partition coefficient (Wildman–Crippen LogP) is 1.58. The summed E-state index contributed by atoms with van der Waals surface area (Å²) in [7, 11) is 0. The van der Waals surface area contributed by atoms with E-state index in [2.05, 4.69) is 4.98 Å². The predicted molar refractivity (Wildman–Crippen MR) is 81.3 cm³/mol. The number of benzene rings is 2. The lowest BCUT2D eigenvalue weighted by molar-refractivity contribution is 0.0696. The Hall–Kier alpha value is -3.22. The first-order valence-corrected chi connectivity index (χ1v) is 6.71. The molecular weight excluding hydrogens is 303 g/mol. The van der Waals surface area contributed by atoms with Crippen molar-refractivity contribution in [2.75, 3.05) is 0 Å². The number of carboxylic acid groups (broad SMARTS) is 1. The smallest absolute Gasteiger partial charge is 0.335 e. The topological polar surface area (TPSA) is 92.2 Å². The van der Waals surface area contributed by atoms with Crippen molar-refractivity contribution in [2.45, 2.75) is 6.54 Å². The molecule has 7 heteroatoms. The van der Waals surface area contributed by atoms with Gasteiger partial charge in [-0.1, -0.05) is 18.2 Å². The lowest BCUT2D eigenvalue weighted by Crippen LogP contribution is -2.31. The van der Waals surface area contributed by atoms with Crippen molar-refractivity contribution in [3.8, 4) is 0 Å². The fourth-order valence-corrected chi connectivity index (χ4v) is 2.44. The number of aromatic amines is 1. The molecule has 0 aliphatic carbocycles. The van der Waals surface area contributed by atoms with E-state index in [1.807, 2.05) is 0 Å². The van der Waals surface area contributed by atoms with Gasteiger partial charge in [0, 0.05) is 0 Å². The fraction of sp³-hybridized carbons (Fsp3) is 0.0625. The number of hydrogen-bond acceptors (Lipinski definition) is 3. The number of carboxylic acids is 1. The molecule has 0 amide bonds. The summed E-state index contributed by atoms with van der Waals surface area (Å²) in [5, 5.41) is 8.80. The standard InChI is InChI=1S/C16H11FN2O4/c17-11-5-2-6-12-13(11)14(20)18-16(23)19(12)8-9-3-1-4-10(7-9)15(21)22/h1-7H,8H2,(H,21,22)(H,18,20,23). The number of aromatic carboxylic acids is 1. The van der Waals surface area contributed by atoms with Crippen molar-refractivity contribution >= 4 is 16.9 Å². The van der Waals surface area contributed by atoms with Crippen molar-refractivity contribution in [1.82, 2.24) is 9.55 Å². The van der Waals surface area contributed by atoms with Gasteiger partial charge in [0.25, 0.3) is 5.56 Å². The van der Waals surface area contributed by atoms with Crippen LogP contribution in [0.25, 0.3) is 10.9 Å². The second kappa shape index (κ2) is 5.53. The Bertz CT molecular complexity index is 1040. The lowest BCUT2D eigenvalue weighted by atomic mass is 10.1. The second-order valence-corrected chi connectivity index (χ2v) is 4.98. The number of carbonyl (C=O) groups is 1. The number of rotatable bonds is 3. The van der Waals surface area contributed by atoms with Gasteiger partial charge in [-0.05, 0) is 29.8 Å². The third kappa shape index (κ3) is 2.64. The van der Waals surface area contributed by atoms with Crippen molar-refractivity contribution in [3.05, 3.63) is 80.2 Å². The van der Waals surface area contributed by atoms with Crippen LogP contribution in [0.3, 0.4) is 0 Å². The molecule has 1 heterocycles. The normalized spacial score (nSPS) is 10.8. The van der Waals surface area contributed by atoms with Crippen LogP contribution in [0.15, 0.2) is 52.1 Å². The van der Waals surface area contributed by atoms with E-state index in [1.54, 1.807) is 12.1 Å². The van der Waals surface area contributed by atoms with Gasteiger partial charge in [0.1, 0.15) is 5.82 Å². The van der Waals surface area contributed by atoms with Crippen molar-refractivity contribution in [1.29, 1.82) is 0 Å². The summed E-state index contributed by atoms with van der Waals surface area (Å²) in [6, 6.07) is 10.1. The molecule has 0 atom stereocenters. The van der Waals surface area contributed by atoms with Crippen LogP contribution in [0.5, 0.6) is 0 Å². The Morgan fingerprint density at radius 1 is 1.17 bits per heavy atom. The van der Waals surface area contributed by atoms with Crippen LogP contribution in [-0.4, -0.2) is 20.6 Å². The minimum Gasteiger partial charge on any atom is -0.478 e. The molecule has 0 fully saturated rings. The quantitative estimate of drug-likeness (QED) is 0.767. The number of fused-ring (bicyclic) bond motifs is 1. The average molecular weight is 314 g/mol. The van der Waals surface area contributed by atoms with E-state index in [9.17, 15) is 18.8 Å². The first kappa shape index (κ1) is 14.7. The number of halogens is 1. The monoisotopic (exact) mass is 314 g/mol. The maximum absolute atomic E-state index is 13.9. The molecule has 3 aromatic rings. The Morgan fingerprint density at radius 3 is 2.65 bits per heavy atom. The van der Waals surface area contributed by atoms with Crippen LogP contribution in [0.2, 0.25) is 0 Å². The van der Waals surface area contributed by atoms with E-state index in [4.69, 9.17) is 5.11 Å². The fourth-order valence-electron chi connectivity index (χ4n) is 2.44. The van der Waals surface area contributed by atoms with Gasteiger partial charge < -0.3 is 5.11 Å². The van der Waals surface area contributed by atoms with Crippen molar-refractivity contribution < 1.29 is 14.3 Å². The summed E-state index contributed by atoms with van der Waals surface area (Å²) < 4.78 is 15.0. The molecule has 3 rings (SSSR count). The molecule has 2 N–H and O–H groups in total. The number of aromatic nitrogens is 2. The summed E-state index contributed by atoms with van der Waals surface area (Å²) in [5.74, 6) is -1.81. The van der Waals surface area contributed by atoms with Gasteiger partial charge in [-0.25, -0.2) is 14.0 Å². The summed E-state index contributed by atoms with van der Waals surface area (Å²) in [6.45, 7) is 0.0106. The highest BCUT2D eigenvalue weighted by atomic mass is 19.1. The van der Waals surface area contributed by atoms with Crippen LogP contribution in [-0.2, 0) is 6.54 Å². The van der Waals surface area contributed by atoms with E-state index in [1.165, 1.54) is 28.8 Å². The first-order chi connectivity index (χ1) is 11.0. The summed E-state index contributed by atoms with van der Waals surface area (Å²) in [6.07, 6.45) is 0. The Balaban J connectivity index is 2.20. The molecular formula is C16H11FN2O4. The highest BCUT2D eigenvalue weighted by Gasteiger charge is 2.12. The van der Waals surface area contributed by atoms with Crippen LogP contribution in [0.1, 0.15) is 15.9 Å². The second-order valence-electron chi connectivity index (χ2n) is 4.98. The first-order valence-electron chi connectivity index (χ1n) is 6.71. The molecule has 0 unspecified atom stereocenters. The highest BCUT2D eigenvalue weighted by Crippen LogP contribution is 2.14. The maximum Gasteiger partial charge on any atom is 0.335 e. The van der Waals surface area contributed by atoms with Gasteiger partial charge in [-0.2, -0.15) is 0 Å². The molecule has 23 heavy (non-hydrogen) atoms. The number of nitrogens with zero attached hydrogens (tertiary/aromatic N) is 1. The number of nitrogens with one attached hydrogen (secondary N) is 1. The van der Waals surface area contributed by atoms with E-state index < -0.39 is 23.0 Å². The third-order valence-electron chi connectivity index (χ3n) is 3.49. The van der Waals surface area contributed by atoms with E-state index in [0.29, 0.717) is 5.56 Å². The molecule has 0 radical (unpaired) electrons. The summed E-state index contributed by atoms with van der Waals surface area (Å²) in [4.78, 5) is 36.9. The third-order valence-corrected chi connectivity index (χ3v) is 3.49. The Labute approximate surface area is 128 Å². The van der Waals surface area contributed by atoms with Crippen LogP contribution in [0, 0.1) is 5.82 Å². The van der Waals surface area contributed by atoms with Gasteiger partial charge in [0.05, 0.1) is 23.0 Å². The maximum atomic E-state index is 13.9. The van der Waals surface area contributed by atoms with E-state index >= 15 is 0 Å². The minimum absolute atomic E-state index is 0.0106. The van der Waals surface area contributed by atoms with Gasteiger partial charge in [-0.3, -0.25) is 14.3 Å². The molecule has 0 saturated heterocycles. The highest BCUT2D eigenvalue weighted by molar-refractivity contribution is 5.87.